The van der Waals surface area contributed by atoms with Crippen LogP contribution in [0.25, 0.3) is 0 Å². The molecule has 0 saturated carbocycles. The van der Waals surface area contributed by atoms with Gasteiger partial charge in [0.15, 0.2) is 5.60 Å². The molecule has 0 spiro atoms. The number of aliphatic hydroxyl groups excluding tert-OH is 6. The number of rotatable bonds is 21. The van der Waals surface area contributed by atoms with Crippen LogP contribution in [0.4, 0.5) is 0 Å². The maximum Gasteiger partial charge on any atom is 1.00 e. The molecule has 16 heteroatoms. The number of hydrogen-bond acceptors (Lipinski definition) is 13. The van der Waals surface area contributed by atoms with E-state index in [-0.39, 0.29) is 72.3 Å². The zero-order valence-corrected chi connectivity index (χ0v) is 26.2. The number of aliphatic hydroxyl groups is 7. The van der Waals surface area contributed by atoms with Gasteiger partial charge in [0.25, 0.3) is 0 Å². The molecular weight excluding hydrogens is 534 g/mol. The Morgan fingerprint density at radius 2 is 1.11 bits per heavy atom. The number of carbonyl (C=O) groups is 3. The van der Waals surface area contributed by atoms with Gasteiger partial charge < -0.3 is 65.4 Å². The first kappa shape index (κ1) is 45.1. The third-order valence-corrected chi connectivity index (χ3v) is 5.08. The van der Waals surface area contributed by atoms with Gasteiger partial charge in [-0.15, -0.1) is 0 Å². The van der Waals surface area contributed by atoms with Crippen molar-refractivity contribution in [2.24, 2.45) is 0 Å². The molecule has 14 nitrogen and oxygen atoms in total. The van der Waals surface area contributed by atoms with E-state index in [2.05, 4.69) is 0 Å². The third-order valence-electron chi connectivity index (χ3n) is 5.08. The van der Waals surface area contributed by atoms with Gasteiger partial charge in [0.05, 0.1) is 13.2 Å². The second-order valence-corrected chi connectivity index (χ2v) is 8.36. The monoisotopic (exact) mass is 574 g/mol. The average molecular weight is 575 g/mol. The quantitative estimate of drug-likeness (QED) is 0.0467. The fourth-order valence-electron chi connectivity index (χ4n) is 2.93. The maximum absolute atomic E-state index is 10.3. The molecule has 214 valence electrons. The largest absolute Gasteiger partial charge is 1.00 e. The maximum atomic E-state index is 10.3. The fraction of sp³-hybridized carbons (Fsp3) is 0.864. The molecule has 38 heavy (non-hydrogen) atoms. The summed E-state index contributed by atoms with van der Waals surface area (Å²) in [6, 6.07) is 0. The van der Waals surface area contributed by atoms with E-state index in [1.165, 1.54) is 6.42 Å². The van der Waals surface area contributed by atoms with Gasteiger partial charge in [-0.2, -0.15) is 0 Å². The van der Waals surface area contributed by atoms with Crippen LogP contribution in [-0.4, -0.2) is 115 Å². The van der Waals surface area contributed by atoms with Crippen LogP contribution < -0.4 is 69.3 Å². The summed E-state index contributed by atoms with van der Waals surface area (Å²) < 4.78 is 5.25. The summed E-state index contributed by atoms with van der Waals surface area (Å²) in [6.07, 6.45) is -0.0796. The van der Waals surface area contributed by atoms with Crippen LogP contribution in [0.5, 0.6) is 0 Å². The number of carbonyl (C=O) groups excluding carboxylic acids is 2. The standard InChI is InChI=1S/C16H34O7.C6H8O7.2Na/c17-9-7-5-3-1-2-4-6-8-10-23-12-14(20)16(22)15(21)13(19)11-18;7-3(8)1-6(13,5(11)12)2-4(9)10;;/h13-22H,1-12H2;13H,1-2H2,(H,7,8)(H,9,10)(H,11,12);;/q;;2*+1/p-2. The summed E-state index contributed by atoms with van der Waals surface area (Å²) in [5.41, 5.74) is -2.86. The van der Waals surface area contributed by atoms with Crippen LogP contribution in [0.1, 0.15) is 64.2 Å². The summed E-state index contributed by atoms with van der Waals surface area (Å²) in [4.78, 5) is 30.2. The molecule has 4 atom stereocenters. The van der Waals surface area contributed by atoms with Gasteiger partial charge in [-0.25, -0.2) is 4.79 Å². The smallest absolute Gasteiger partial charge is 0.550 e. The number of aliphatic carboxylic acids is 3. The topological polar surface area (TPSA) is 268 Å². The van der Waals surface area contributed by atoms with E-state index in [1.807, 2.05) is 0 Å². The summed E-state index contributed by atoms with van der Waals surface area (Å²) in [5.74, 6) is -5.65. The Labute approximate surface area is 266 Å². The average Bonchev–Trinajstić information content (AvgIpc) is 2.80. The van der Waals surface area contributed by atoms with Crippen molar-refractivity contribution >= 4 is 17.9 Å². The zero-order chi connectivity index (χ0) is 28.1. The minimum absolute atomic E-state index is 0. The molecule has 0 aliphatic carbocycles. The first-order valence-corrected chi connectivity index (χ1v) is 11.7. The molecule has 0 fully saturated rings. The summed E-state index contributed by atoms with van der Waals surface area (Å²) in [6.45, 7) is -0.0792. The van der Waals surface area contributed by atoms with E-state index < -0.39 is 67.4 Å². The molecule has 0 heterocycles. The molecule has 8 N–H and O–H groups in total. The van der Waals surface area contributed by atoms with E-state index >= 15 is 0 Å². The van der Waals surface area contributed by atoms with Crippen molar-refractivity contribution in [3.05, 3.63) is 0 Å². The number of ether oxygens (including phenoxy) is 1. The molecule has 0 radical (unpaired) electrons. The first-order chi connectivity index (χ1) is 16.8. The molecule has 0 aromatic carbocycles. The number of carboxylic acid groups (broad SMARTS) is 3. The molecule has 0 aliphatic heterocycles. The summed E-state index contributed by atoms with van der Waals surface area (Å²) in [5, 5.41) is 92.3. The van der Waals surface area contributed by atoms with Crippen LogP contribution in [0.2, 0.25) is 0 Å². The Morgan fingerprint density at radius 1 is 0.711 bits per heavy atom. The van der Waals surface area contributed by atoms with E-state index in [4.69, 9.17) is 25.2 Å². The molecular formula is C22H40Na2O14. The van der Waals surface area contributed by atoms with Crippen molar-refractivity contribution in [3.63, 3.8) is 0 Å². The van der Waals surface area contributed by atoms with Gasteiger partial charge >= 0.3 is 65.1 Å². The van der Waals surface area contributed by atoms with Gasteiger partial charge in [0, 0.05) is 38.0 Å². The normalized spacial score (nSPS) is 14.0. The molecule has 0 amide bonds. The summed E-state index contributed by atoms with van der Waals surface area (Å²) in [7, 11) is 0. The predicted octanol–water partition coefficient (Wildman–Crippen LogP) is -10.4. The Kier molecular flexibility index (Phi) is 32.4. The molecule has 0 aliphatic rings. The molecule has 4 unspecified atom stereocenters. The SMILES string of the molecule is O=C([O-])CC(O)(CC(=O)[O-])C(=O)O.OCCCCCCCCCCOCC(O)C(O)C(O)C(O)CO.[Na+].[Na+]. The number of carboxylic acids is 3. The molecule has 0 aromatic heterocycles. The van der Waals surface area contributed by atoms with Gasteiger partial charge in [-0.05, 0) is 12.8 Å². The van der Waals surface area contributed by atoms with Gasteiger partial charge in [-0.3, -0.25) is 0 Å². The van der Waals surface area contributed by atoms with Gasteiger partial charge in [0.1, 0.15) is 24.4 Å². The number of hydrogen-bond donors (Lipinski definition) is 8. The van der Waals surface area contributed by atoms with Crippen LogP contribution in [0.3, 0.4) is 0 Å². The molecule has 0 aromatic rings. The zero-order valence-electron chi connectivity index (χ0n) is 22.2. The van der Waals surface area contributed by atoms with Crippen LogP contribution in [-0.2, 0) is 19.1 Å². The van der Waals surface area contributed by atoms with Crippen molar-refractivity contribution in [3.8, 4) is 0 Å². The van der Waals surface area contributed by atoms with Gasteiger partial charge in [-0.1, -0.05) is 38.5 Å². The van der Waals surface area contributed by atoms with Crippen molar-refractivity contribution in [1.29, 1.82) is 0 Å². The first-order valence-electron chi connectivity index (χ1n) is 11.7. The third kappa shape index (κ3) is 23.9. The van der Waals surface area contributed by atoms with E-state index in [9.17, 15) is 45.0 Å². The van der Waals surface area contributed by atoms with Crippen molar-refractivity contribution in [1.82, 2.24) is 0 Å². The van der Waals surface area contributed by atoms with Crippen molar-refractivity contribution in [2.75, 3.05) is 26.4 Å². The summed E-state index contributed by atoms with van der Waals surface area (Å²) >= 11 is 0. The van der Waals surface area contributed by atoms with E-state index in [0.717, 1.165) is 44.9 Å². The van der Waals surface area contributed by atoms with Crippen LogP contribution >= 0.6 is 0 Å². The number of unbranched alkanes of at least 4 members (excludes halogenated alkanes) is 7. The predicted molar refractivity (Wildman–Crippen MR) is 118 cm³/mol. The second kappa shape index (κ2) is 27.3. The van der Waals surface area contributed by atoms with Crippen LogP contribution in [0.15, 0.2) is 0 Å². The van der Waals surface area contributed by atoms with E-state index in [0.29, 0.717) is 6.61 Å². The van der Waals surface area contributed by atoms with Gasteiger partial charge in [0.2, 0.25) is 0 Å². The Balaban J connectivity index is -0.000000331. The van der Waals surface area contributed by atoms with E-state index in [1.54, 1.807) is 0 Å². The Morgan fingerprint density at radius 3 is 1.47 bits per heavy atom. The Bertz CT molecular complexity index is 595. The van der Waals surface area contributed by atoms with Crippen molar-refractivity contribution < 1.29 is 129 Å². The molecule has 0 saturated heterocycles. The fourth-order valence-corrected chi connectivity index (χ4v) is 2.93. The minimum atomic E-state index is -2.86. The Hall–Kier alpha value is 0.0900. The van der Waals surface area contributed by atoms with Crippen LogP contribution in [0, 0.1) is 0 Å². The molecule has 0 bridgehead atoms. The van der Waals surface area contributed by atoms with Crippen molar-refractivity contribution in [2.45, 2.75) is 94.2 Å². The minimum Gasteiger partial charge on any atom is -0.550 e. The second-order valence-electron chi connectivity index (χ2n) is 8.36. The molecule has 0 rings (SSSR count).